The number of rotatable bonds is 2. The lowest BCUT2D eigenvalue weighted by atomic mass is 10.2. The Morgan fingerprint density at radius 3 is 3.00 bits per heavy atom. The molecule has 6 nitrogen and oxygen atoms in total. The Morgan fingerprint density at radius 2 is 2.26 bits per heavy atom. The fraction of sp³-hybridized carbons (Fsp3) is 0.385. The van der Waals surface area contributed by atoms with Crippen LogP contribution in [-0.2, 0) is 11.8 Å². The average Bonchev–Trinajstić information content (AvgIpc) is 2.76. The van der Waals surface area contributed by atoms with Gasteiger partial charge in [-0.05, 0) is 12.1 Å². The van der Waals surface area contributed by atoms with E-state index in [2.05, 4.69) is 10.3 Å². The number of carbonyl (C=O) groups is 1. The molecule has 6 heteroatoms. The zero-order valence-electron chi connectivity index (χ0n) is 10.7. The highest BCUT2D eigenvalue weighted by atomic mass is 16.4. The molecule has 2 aromatic rings. The molecule has 0 saturated carbocycles. The molecule has 1 unspecified atom stereocenters. The number of piperazine rings is 1. The molecule has 1 fully saturated rings. The molecule has 0 aliphatic carbocycles. The number of aryl methyl sites for hydroxylation is 1. The highest BCUT2D eigenvalue weighted by Gasteiger charge is 2.31. The van der Waals surface area contributed by atoms with Crippen LogP contribution >= 0.6 is 0 Å². The normalized spacial score (nSPS) is 19.8. The van der Waals surface area contributed by atoms with E-state index in [0.29, 0.717) is 13.1 Å². The van der Waals surface area contributed by atoms with Crippen LogP contribution in [0.25, 0.3) is 11.0 Å². The number of fused-ring (bicyclic) bond motifs is 1. The third-order valence-electron chi connectivity index (χ3n) is 3.55. The van der Waals surface area contributed by atoms with Crippen molar-refractivity contribution in [2.24, 2.45) is 7.05 Å². The largest absolute Gasteiger partial charge is 0.480 e. The second-order valence-electron chi connectivity index (χ2n) is 4.71. The third-order valence-corrected chi connectivity index (χ3v) is 3.55. The molecule has 1 aliphatic rings. The monoisotopic (exact) mass is 260 g/mol. The zero-order valence-corrected chi connectivity index (χ0v) is 10.7. The maximum Gasteiger partial charge on any atom is 0.327 e. The van der Waals surface area contributed by atoms with Crippen LogP contribution in [0.4, 0.5) is 5.95 Å². The van der Waals surface area contributed by atoms with Crippen LogP contribution in [0.15, 0.2) is 24.3 Å². The Labute approximate surface area is 110 Å². The van der Waals surface area contributed by atoms with E-state index in [1.54, 1.807) is 0 Å². The minimum Gasteiger partial charge on any atom is -0.480 e. The van der Waals surface area contributed by atoms with Crippen molar-refractivity contribution < 1.29 is 9.90 Å². The molecule has 1 aromatic heterocycles. The summed E-state index contributed by atoms with van der Waals surface area (Å²) in [6.45, 7) is 1.86. The average molecular weight is 260 g/mol. The van der Waals surface area contributed by atoms with Gasteiger partial charge >= 0.3 is 5.97 Å². The van der Waals surface area contributed by atoms with Crippen molar-refractivity contribution in [2.45, 2.75) is 6.04 Å². The Bertz CT molecular complexity index is 622. The van der Waals surface area contributed by atoms with Gasteiger partial charge in [0.1, 0.15) is 6.04 Å². The molecule has 1 aromatic carbocycles. The second-order valence-corrected chi connectivity index (χ2v) is 4.71. The molecule has 1 atom stereocenters. The molecule has 0 radical (unpaired) electrons. The second kappa shape index (κ2) is 4.55. The Hall–Kier alpha value is -2.08. The predicted molar refractivity (Wildman–Crippen MR) is 72.4 cm³/mol. The summed E-state index contributed by atoms with van der Waals surface area (Å²) in [5.74, 6) is -0.102. The predicted octanol–water partition coefficient (Wildman–Crippen LogP) is 0.436. The highest BCUT2D eigenvalue weighted by molar-refractivity contribution is 5.82. The van der Waals surface area contributed by atoms with Crippen LogP contribution in [0.1, 0.15) is 0 Å². The molecule has 19 heavy (non-hydrogen) atoms. The Balaban J connectivity index is 2.07. The Morgan fingerprint density at radius 1 is 1.47 bits per heavy atom. The minimum absolute atomic E-state index is 0.443. The van der Waals surface area contributed by atoms with Crippen LogP contribution in [0, 0.1) is 0 Å². The van der Waals surface area contributed by atoms with E-state index in [0.717, 1.165) is 23.5 Å². The molecule has 2 heterocycles. The molecular formula is C13H16N4O2. The first kappa shape index (κ1) is 12.0. The SMILES string of the molecule is Cn1c(N2CCNCC2C(=O)O)nc2ccccc21. The molecule has 2 N–H and O–H groups in total. The smallest absolute Gasteiger partial charge is 0.327 e. The zero-order chi connectivity index (χ0) is 13.4. The number of nitrogens with one attached hydrogen (secondary N) is 1. The van der Waals surface area contributed by atoms with Gasteiger partial charge in [0.05, 0.1) is 11.0 Å². The van der Waals surface area contributed by atoms with Crippen LogP contribution in [0.2, 0.25) is 0 Å². The van der Waals surface area contributed by atoms with Crippen molar-refractivity contribution in [1.29, 1.82) is 0 Å². The standard InChI is InChI=1S/C13H16N4O2/c1-16-10-5-3-2-4-9(10)15-13(16)17-7-6-14-8-11(17)12(18)19/h2-5,11,14H,6-8H2,1H3,(H,18,19). The van der Waals surface area contributed by atoms with Gasteiger partial charge in [-0.1, -0.05) is 12.1 Å². The number of nitrogens with zero attached hydrogens (tertiary/aromatic N) is 3. The first-order chi connectivity index (χ1) is 9.18. The van der Waals surface area contributed by atoms with Gasteiger partial charge in [-0.15, -0.1) is 0 Å². The first-order valence-corrected chi connectivity index (χ1v) is 6.30. The van der Waals surface area contributed by atoms with Crippen molar-refractivity contribution in [2.75, 3.05) is 24.5 Å². The third kappa shape index (κ3) is 1.94. The number of carboxylic acids is 1. The van der Waals surface area contributed by atoms with Gasteiger partial charge in [-0.2, -0.15) is 0 Å². The summed E-state index contributed by atoms with van der Waals surface area (Å²) >= 11 is 0. The van der Waals surface area contributed by atoms with Gasteiger partial charge in [0, 0.05) is 26.7 Å². The van der Waals surface area contributed by atoms with Crippen LogP contribution in [0.5, 0.6) is 0 Å². The summed E-state index contributed by atoms with van der Waals surface area (Å²) in [6, 6.07) is 7.26. The lowest BCUT2D eigenvalue weighted by Gasteiger charge is -2.34. The molecule has 1 aliphatic heterocycles. The Kier molecular flexibility index (Phi) is 2.87. The van der Waals surface area contributed by atoms with Crippen molar-refractivity contribution in [3.63, 3.8) is 0 Å². The molecule has 100 valence electrons. The van der Waals surface area contributed by atoms with Crippen LogP contribution in [-0.4, -0.2) is 46.3 Å². The number of hydrogen-bond donors (Lipinski definition) is 2. The summed E-state index contributed by atoms with van der Waals surface area (Å²) < 4.78 is 1.95. The summed E-state index contributed by atoms with van der Waals surface area (Å²) in [7, 11) is 1.92. The molecule has 0 spiro atoms. The van der Waals surface area contributed by atoms with E-state index < -0.39 is 12.0 Å². The van der Waals surface area contributed by atoms with Gasteiger partial charge in [-0.3, -0.25) is 0 Å². The molecular weight excluding hydrogens is 244 g/mol. The van der Waals surface area contributed by atoms with Gasteiger partial charge in [0.2, 0.25) is 5.95 Å². The van der Waals surface area contributed by atoms with Crippen LogP contribution in [0.3, 0.4) is 0 Å². The number of anilines is 1. The summed E-state index contributed by atoms with van der Waals surface area (Å²) in [5, 5.41) is 12.4. The number of aromatic nitrogens is 2. The van der Waals surface area contributed by atoms with Crippen LogP contribution < -0.4 is 10.2 Å². The van der Waals surface area contributed by atoms with Gasteiger partial charge < -0.3 is 19.9 Å². The number of para-hydroxylation sites is 2. The van der Waals surface area contributed by atoms with Crippen molar-refractivity contribution in [3.8, 4) is 0 Å². The van der Waals surface area contributed by atoms with E-state index >= 15 is 0 Å². The number of aliphatic carboxylic acids is 1. The number of hydrogen-bond acceptors (Lipinski definition) is 4. The maximum atomic E-state index is 11.3. The number of imidazole rings is 1. The van der Waals surface area contributed by atoms with Crippen molar-refractivity contribution in [1.82, 2.24) is 14.9 Å². The summed E-state index contributed by atoms with van der Waals surface area (Å²) in [5.41, 5.74) is 1.91. The minimum atomic E-state index is -0.820. The number of benzene rings is 1. The molecule has 0 amide bonds. The summed E-state index contributed by atoms with van der Waals surface area (Å²) in [6.07, 6.45) is 0. The topological polar surface area (TPSA) is 70.4 Å². The fourth-order valence-corrected chi connectivity index (χ4v) is 2.55. The fourth-order valence-electron chi connectivity index (χ4n) is 2.55. The lowest BCUT2D eigenvalue weighted by Crippen LogP contribution is -2.55. The lowest BCUT2D eigenvalue weighted by molar-refractivity contribution is -0.138. The van der Waals surface area contributed by atoms with E-state index in [4.69, 9.17) is 0 Å². The first-order valence-electron chi connectivity index (χ1n) is 6.30. The van der Waals surface area contributed by atoms with E-state index in [1.807, 2.05) is 40.8 Å². The maximum absolute atomic E-state index is 11.3. The highest BCUT2D eigenvalue weighted by Crippen LogP contribution is 2.23. The van der Waals surface area contributed by atoms with Crippen molar-refractivity contribution >= 4 is 23.0 Å². The van der Waals surface area contributed by atoms with Gasteiger partial charge in [-0.25, -0.2) is 9.78 Å². The van der Waals surface area contributed by atoms with Crippen molar-refractivity contribution in [3.05, 3.63) is 24.3 Å². The quantitative estimate of drug-likeness (QED) is 0.819. The van der Waals surface area contributed by atoms with Gasteiger partial charge in [0.15, 0.2) is 0 Å². The van der Waals surface area contributed by atoms with Gasteiger partial charge in [0.25, 0.3) is 0 Å². The van der Waals surface area contributed by atoms with E-state index in [1.165, 1.54) is 0 Å². The molecule has 1 saturated heterocycles. The van der Waals surface area contributed by atoms with E-state index in [-0.39, 0.29) is 0 Å². The summed E-state index contributed by atoms with van der Waals surface area (Å²) in [4.78, 5) is 17.8. The number of carboxylic acid groups (broad SMARTS) is 1. The van der Waals surface area contributed by atoms with E-state index in [9.17, 15) is 9.90 Å². The molecule has 3 rings (SSSR count). The molecule has 0 bridgehead atoms.